The Morgan fingerprint density at radius 2 is 1.97 bits per heavy atom. The van der Waals surface area contributed by atoms with E-state index in [-0.39, 0.29) is 11.7 Å². The number of carbonyl (C=O) groups excluding carboxylic acids is 1. The average Bonchev–Trinajstić information content (AvgIpc) is 3.63. The molecule has 0 radical (unpaired) electrons. The summed E-state index contributed by atoms with van der Waals surface area (Å²) in [6, 6.07) is 10.3. The van der Waals surface area contributed by atoms with Crippen LogP contribution in [0.5, 0.6) is 0 Å². The lowest BCUT2D eigenvalue weighted by atomic mass is 9.90. The highest BCUT2D eigenvalue weighted by molar-refractivity contribution is 7.99. The summed E-state index contributed by atoms with van der Waals surface area (Å²) in [6.07, 6.45) is 7.94. The smallest absolute Gasteiger partial charge is 0.236 e. The van der Waals surface area contributed by atoms with E-state index in [9.17, 15) is 4.79 Å². The topological polar surface area (TPSA) is 85.6 Å². The van der Waals surface area contributed by atoms with Gasteiger partial charge >= 0.3 is 0 Å². The number of anilines is 1. The maximum Gasteiger partial charge on any atom is 0.236 e. The first kappa shape index (κ1) is 24.9. The molecular weight excluding hydrogens is 509 g/mol. The summed E-state index contributed by atoms with van der Waals surface area (Å²) in [7, 11) is 0. The Kier molecular flexibility index (Phi) is 7.93. The number of rotatable bonds is 9. The quantitative estimate of drug-likeness (QED) is 0.187. The standard InChI is InChI=1S/C26H28N6OS3/c1-3-14-32-23(20-15-34-17(2)22(20)18-10-6-4-7-11-18)28-31-26(32)35-16-21(33)27-25-30-29-24(36-25)19-12-8-5-9-13-19/h3-4,6-7,10-11,15,19H,1,5,8-9,12-14,16H2,2H3,(H,27,30,33). The summed E-state index contributed by atoms with van der Waals surface area (Å²) in [5.41, 5.74) is 3.36. The van der Waals surface area contributed by atoms with E-state index in [2.05, 4.69) is 56.7 Å². The molecule has 0 bridgehead atoms. The third kappa shape index (κ3) is 5.45. The number of thioether (sulfide) groups is 1. The second-order valence-corrected chi connectivity index (χ2v) is 11.8. The maximum absolute atomic E-state index is 12.7. The minimum Gasteiger partial charge on any atom is -0.300 e. The van der Waals surface area contributed by atoms with E-state index in [1.54, 1.807) is 11.3 Å². The number of benzene rings is 1. The van der Waals surface area contributed by atoms with Gasteiger partial charge in [0.2, 0.25) is 11.0 Å². The fourth-order valence-corrected chi connectivity index (χ4v) is 7.10. The highest BCUT2D eigenvalue weighted by Crippen LogP contribution is 2.39. The van der Waals surface area contributed by atoms with Gasteiger partial charge in [-0.15, -0.1) is 38.3 Å². The lowest BCUT2D eigenvalue weighted by Gasteiger charge is -2.18. The Morgan fingerprint density at radius 1 is 1.17 bits per heavy atom. The molecule has 10 heteroatoms. The van der Waals surface area contributed by atoms with E-state index in [0.717, 1.165) is 40.4 Å². The van der Waals surface area contributed by atoms with Crippen LogP contribution in [-0.4, -0.2) is 36.6 Å². The number of amides is 1. The van der Waals surface area contributed by atoms with E-state index in [1.165, 1.54) is 47.2 Å². The lowest BCUT2D eigenvalue weighted by molar-refractivity contribution is -0.113. The monoisotopic (exact) mass is 536 g/mol. The number of nitrogens with zero attached hydrogens (tertiary/aromatic N) is 5. The predicted octanol–water partition coefficient (Wildman–Crippen LogP) is 6.80. The molecule has 0 saturated heterocycles. The van der Waals surface area contributed by atoms with Gasteiger partial charge in [0.25, 0.3) is 0 Å². The molecule has 1 N–H and O–H groups in total. The van der Waals surface area contributed by atoms with Gasteiger partial charge in [-0.05, 0) is 25.3 Å². The lowest BCUT2D eigenvalue weighted by Crippen LogP contribution is -2.14. The Bertz CT molecular complexity index is 1340. The Balaban J connectivity index is 1.29. The SMILES string of the molecule is C=CCn1c(SCC(=O)Nc2nnc(C3CCCCC3)s2)nnc1-c1csc(C)c1-c1ccccc1. The fraction of sp³-hybridized carbons (Fsp3) is 0.346. The van der Waals surface area contributed by atoms with Crippen LogP contribution in [0, 0.1) is 6.92 Å². The van der Waals surface area contributed by atoms with E-state index in [1.807, 2.05) is 28.8 Å². The molecule has 7 nitrogen and oxygen atoms in total. The largest absolute Gasteiger partial charge is 0.300 e. The predicted molar refractivity (Wildman–Crippen MR) is 149 cm³/mol. The molecule has 1 aromatic carbocycles. The Morgan fingerprint density at radius 3 is 2.75 bits per heavy atom. The second kappa shape index (κ2) is 11.5. The number of allylic oxidation sites excluding steroid dienone is 1. The fourth-order valence-electron chi connectivity index (χ4n) is 4.56. The normalized spacial score (nSPS) is 14.1. The van der Waals surface area contributed by atoms with Gasteiger partial charge in [0.05, 0.1) is 5.75 Å². The number of hydrogen-bond acceptors (Lipinski definition) is 8. The molecule has 0 spiro atoms. The van der Waals surface area contributed by atoms with Crippen LogP contribution in [0.15, 0.2) is 53.5 Å². The molecule has 1 fully saturated rings. The molecule has 5 rings (SSSR count). The summed E-state index contributed by atoms with van der Waals surface area (Å²) in [5.74, 6) is 1.34. The van der Waals surface area contributed by atoms with Crippen LogP contribution < -0.4 is 5.32 Å². The number of nitrogens with one attached hydrogen (secondary N) is 1. The molecule has 0 atom stereocenters. The molecule has 3 heterocycles. The third-order valence-corrected chi connectivity index (χ3v) is 9.16. The van der Waals surface area contributed by atoms with Gasteiger partial charge in [0, 0.05) is 33.8 Å². The molecule has 186 valence electrons. The molecule has 1 saturated carbocycles. The summed E-state index contributed by atoms with van der Waals surface area (Å²) in [5, 5.41) is 24.8. The van der Waals surface area contributed by atoms with Crippen LogP contribution in [0.4, 0.5) is 5.13 Å². The first-order valence-electron chi connectivity index (χ1n) is 12.1. The molecule has 36 heavy (non-hydrogen) atoms. The van der Waals surface area contributed by atoms with Crippen molar-refractivity contribution in [2.24, 2.45) is 0 Å². The Hall–Kier alpha value is -2.82. The minimum atomic E-state index is -0.127. The van der Waals surface area contributed by atoms with E-state index in [4.69, 9.17) is 0 Å². The first-order valence-corrected chi connectivity index (χ1v) is 14.8. The average molecular weight is 537 g/mol. The number of aromatic nitrogens is 5. The highest BCUT2D eigenvalue weighted by atomic mass is 32.2. The molecule has 4 aromatic rings. The molecular formula is C26H28N6OS3. The van der Waals surface area contributed by atoms with Crippen molar-refractivity contribution in [3.05, 3.63) is 58.3 Å². The summed E-state index contributed by atoms with van der Waals surface area (Å²) in [6.45, 7) is 6.59. The molecule has 1 aliphatic carbocycles. The maximum atomic E-state index is 12.7. The minimum absolute atomic E-state index is 0.127. The van der Waals surface area contributed by atoms with Gasteiger partial charge in [-0.1, -0.05) is 78.8 Å². The van der Waals surface area contributed by atoms with Crippen LogP contribution in [0.2, 0.25) is 0 Å². The number of thiophene rings is 1. The van der Waals surface area contributed by atoms with Crippen molar-refractivity contribution in [2.75, 3.05) is 11.1 Å². The van der Waals surface area contributed by atoms with Gasteiger partial charge < -0.3 is 0 Å². The van der Waals surface area contributed by atoms with Crippen molar-refractivity contribution in [3.63, 3.8) is 0 Å². The van der Waals surface area contributed by atoms with Gasteiger partial charge in [-0.3, -0.25) is 14.7 Å². The highest BCUT2D eigenvalue weighted by Gasteiger charge is 2.22. The van der Waals surface area contributed by atoms with Gasteiger partial charge in [-0.2, -0.15) is 0 Å². The van der Waals surface area contributed by atoms with Crippen molar-refractivity contribution in [3.8, 4) is 22.5 Å². The van der Waals surface area contributed by atoms with Crippen molar-refractivity contribution >= 4 is 45.5 Å². The van der Waals surface area contributed by atoms with Gasteiger partial charge in [-0.25, -0.2) is 0 Å². The number of carbonyl (C=O) groups is 1. The van der Waals surface area contributed by atoms with Crippen LogP contribution in [0.25, 0.3) is 22.5 Å². The molecule has 1 amide bonds. The zero-order valence-corrected chi connectivity index (χ0v) is 22.6. The summed E-state index contributed by atoms with van der Waals surface area (Å²) < 4.78 is 2.02. The van der Waals surface area contributed by atoms with Crippen LogP contribution in [0.1, 0.15) is 47.9 Å². The number of aryl methyl sites for hydroxylation is 1. The van der Waals surface area contributed by atoms with E-state index >= 15 is 0 Å². The molecule has 0 unspecified atom stereocenters. The van der Waals surface area contributed by atoms with Crippen molar-refractivity contribution < 1.29 is 4.79 Å². The molecule has 3 aromatic heterocycles. The third-order valence-electron chi connectivity index (χ3n) is 6.28. The van der Waals surface area contributed by atoms with Crippen molar-refractivity contribution in [1.29, 1.82) is 0 Å². The summed E-state index contributed by atoms with van der Waals surface area (Å²) in [4.78, 5) is 13.9. The van der Waals surface area contributed by atoms with E-state index in [0.29, 0.717) is 22.8 Å². The first-order chi connectivity index (χ1) is 17.6. The Labute approximate surface area is 223 Å². The summed E-state index contributed by atoms with van der Waals surface area (Å²) >= 11 is 4.56. The second-order valence-electron chi connectivity index (χ2n) is 8.77. The van der Waals surface area contributed by atoms with E-state index < -0.39 is 0 Å². The zero-order valence-electron chi connectivity index (χ0n) is 20.1. The molecule has 0 aliphatic heterocycles. The van der Waals surface area contributed by atoms with Crippen molar-refractivity contribution in [1.82, 2.24) is 25.0 Å². The van der Waals surface area contributed by atoms with Gasteiger partial charge in [0.1, 0.15) is 5.01 Å². The van der Waals surface area contributed by atoms with Crippen LogP contribution in [0.3, 0.4) is 0 Å². The number of hydrogen-bond donors (Lipinski definition) is 1. The van der Waals surface area contributed by atoms with Crippen LogP contribution >= 0.6 is 34.4 Å². The zero-order chi connectivity index (χ0) is 24.9. The van der Waals surface area contributed by atoms with Crippen LogP contribution in [-0.2, 0) is 11.3 Å². The molecule has 1 aliphatic rings. The van der Waals surface area contributed by atoms with Gasteiger partial charge in [0.15, 0.2) is 11.0 Å². The van der Waals surface area contributed by atoms with Crippen molar-refractivity contribution in [2.45, 2.75) is 56.6 Å².